The van der Waals surface area contributed by atoms with Crippen molar-refractivity contribution in [3.05, 3.63) is 115 Å². The Bertz CT molecular complexity index is 1300. The summed E-state index contributed by atoms with van der Waals surface area (Å²) >= 11 is 0. The van der Waals surface area contributed by atoms with Crippen molar-refractivity contribution in [2.24, 2.45) is 5.11 Å². The van der Waals surface area contributed by atoms with Crippen molar-refractivity contribution in [1.29, 1.82) is 5.53 Å². The molecule has 1 amide bonds. The minimum absolute atomic E-state index is 0.157. The van der Waals surface area contributed by atoms with E-state index >= 15 is 0 Å². The van der Waals surface area contributed by atoms with Gasteiger partial charge < -0.3 is 5.32 Å². The van der Waals surface area contributed by atoms with Crippen LogP contribution in [0.2, 0.25) is 0 Å². The summed E-state index contributed by atoms with van der Waals surface area (Å²) in [4.78, 5) is 12.4. The first-order chi connectivity index (χ1) is 15.6. The summed E-state index contributed by atoms with van der Waals surface area (Å²) in [7, 11) is 1.62. The van der Waals surface area contributed by atoms with Gasteiger partial charge in [0.15, 0.2) is 0 Å². The van der Waals surface area contributed by atoms with E-state index in [0.717, 1.165) is 38.9 Å². The van der Waals surface area contributed by atoms with Crippen LogP contribution in [-0.2, 0) is 0 Å². The molecule has 4 rings (SSSR count). The molecular weight excluding hydrogens is 394 g/mol. The van der Waals surface area contributed by atoms with Crippen molar-refractivity contribution in [3.63, 3.8) is 0 Å². The summed E-state index contributed by atoms with van der Waals surface area (Å²) in [5, 5.41) is 6.30. The van der Waals surface area contributed by atoms with Crippen LogP contribution in [0.4, 0.5) is 0 Å². The molecule has 0 aromatic heterocycles. The molecule has 0 saturated carbocycles. The van der Waals surface area contributed by atoms with Crippen molar-refractivity contribution in [2.45, 2.75) is 0 Å². The van der Waals surface area contributed by atoms with Crippen molar-refractivity contribution in [2.75, 3.05) is 7.05 Å². The summed E-state index contributed by atoms with van der Waals surface area (Å²) in [5.41, 5.74) is 15.1. The van der Waals surface area contributed by atoms with E-state index in [1.165, 1.54) is 0 Å². The number of carbonyl (C=O) groups excluding carboxylic acids is 1. The molecular formula is C28H23N3O. The first kappa shape index (κ1) is 20.9. The van der Waals surface area contributed by atoms with Crippen LogP contribution in [-0.4, -0.2) is 13.0 Å². The van der Waals surface area contributed by atoms with E-state index in [1.807, 2.05) is 78.9 Å². The van der Waals surface area contributed by atoms with Crippen LogP contribution in [0.3, 0.4) is 0 Å². The molecule has 0 saturated heterocycles. The predicted molar refractivity (Wildman–Crippen MR) is 130 cm³/mol. The van der Waals surface area contributed by atoms with Gasteiger partial charge in [-0.2, -0.15) is 5.11 Å². The van der Waals surface area contributed by atoms with Gasteiger partial charge in [0, 0.05) is 18.2 Å². The van der Waals surface area contributed by atoms with Crippen molar-refractivity contribution in [1.82, 2.24) is 5.32 Å². The fourth-order valence-electron chi connectivity index (χ4n) is 3.81. The van der Waals surface area contributed by atoms with Crippen LogP contribution in [0.15, 0.2) is 109 Å². The van der Waals surface area contributed by atoms with Crippen LogP contribution >= 0.6 is 0 Å². The van der Waals surface area contributed by atoms with E-state index in [-0.39, 0.29) is 5.91 Å². The van der Waals surface area contributed by atoms with Gasteiger partial charge in [-0.05, 0) is 51.6 Å². The summed E-state index contributed by atoms with van der Waals surface area (Å²) < 4.78 is 0. The third-order valence-electron chi connectivity index (χ3n) is 5.46. The SMILES string of the molecule is C=C(N=N)c1ccc(-c2ccccc2)cc1-c1cc(C(=O)NC)ccc1-c1ccccc1. The largest absolute Gasteiger partial charge is 0.355 e. The van der Waals surface area contributed by atoms with E-state index in [4.69, 9.17) is 5.53 Å². The lowest BCUT2D eigenvalue weighted by Crippen LogP contribution is -2.17. The quantitative estimate of drug-likeness (QED) is 0.324. The molecule has 4 heteroatoms. The average molecular weight is 418 g/mol. The standard InChI is InChI=1S/C28H23N3O/c1-19(31-29)24-15-13-22(20-9-5-3-6-10-20)17-26(24)27-18-23(28(32)30-2)14-16-25(27)21-11-7-4-8-12-21/h3-18,29H,1H2,2H3,(H,30,32). The topological polar surface area (TPSA) is 65.3 Å². The number of hydrogen-bond donors (Lipinski definition) is 2. The van der Waals surface area contributed by atoms with Gasteiger partial charge in [-0.1, -0.05) is 85.4 Å². The van der Waals surface area contributed by atoms with Gasteiger partial charge in [-0.15, -0.1) is 0 Å². The van der Waals surface area contributed by atoms with Crippen molar-refractivity contribution >= 4 is 11.6 Å². The summed E-state index contributed by atoms with van der Waals surface area (Å²) in [5.74, 6) is -0.157. The zero-order valence-corrected chi connectivity index (χ0v) is 17.8. The molecule has 2 N–H and O–H groups in total. The Morgan fingerprint density at radius 3 is 2.03 bits per heavy atom. The molecule has 156 valence electrons. The summed E-state index contributed by atoms with van der Waals surface area (Å²) in [6, 6.07) is 31.9. The monoisotopic (exact) mass is 417 g/mol. The van der Waals surface area contributed by atoms with E-state index in [0.29, 0.717) is 11.3 Å². The van der Waals surface area contributed by atoms with Gasteiger partial charge in [0.05, 0.1) is 5.70 Å². The molecule has 0 aliphatic heterocycles. The molecule has 0 bridgehead atoms. The molecule has 0 unspecified atom stereocenters. The zero-order chi connectivity index (χ0) is 22.5. The zero-order valence-electron chi connectivity index (χ0n) is 17.8. The fraction of sp³-hybridized carbons (Fsp3) is 0.0357. The van der Waals surface area contributed by atoms with Crippen LogP contribution in [0, 0.1) is 5.53 Å². The van der Waals surface area contributed by atoms with Gasteiger partial charge in [0.25, 0.3) is 5.91 Å². The molecule has 4 nitrogen and oxygen atoms in total. The Labute approximate surface area is 187 Å². The van der Waals surface area contributed by atoms with Crippen molar-refractivity contribution < 1.29 is 4.79 Å². The minimum Gasteiger partial charge on any atom is -0.355 e. The summed E-state index contributed by atoms with van der Waals surface area (Å²) in [6.07, 6.45) is 0. The van der Waals surface area contributed by atoms with Gasteiger partial charge >= 0.3 is 0 Å². The number of rotatable bonds is 6. The molecule has 4 aromatic carbocycles. The summed E-state index contributed by atoms with van der Waals surface area (Å²) in [6.45, 7) is 3.97. The van der Waals surface area contributed by atoms with Crippen LogP contribution in [0.25, 0.3) is 39.1 Å². The van der Waals surface area contributed by atoms with E-state index in [2.05, 4.69) is 35.2 Å². The van der Waals surface area contributed by atoms with Gasteiger partial charge in [-0.3, -0.25) is 4.79 Å². The number of nitrogens with zero attached hydrogens (tertiary/aromatic N) is 1. The first-order valence-electron chi connectivity index (χ1n) is 10.3. The maximum absolute atomic E-state index is 12.4. The number of benzene rings is 4. The molecule has 0 atom stereocenters. The lowest BCUT2D eigenvalue weighted by molar-refractivity contribution is 0.0963. The smallest absolute Gasteiger partial charge is 0.251 e. The number of amides is 1. The molecule has 0 heterocycles. The Morgan fingerprint density at radius 1 is 0.750 bits per heavy atom. The third kappa shape index (κ3) is 4.12. The van der Waals surface area contributed by atoms with E-state index < -0.39 is 0 Å². The highest BCUT2D eigenvalue weighted by molar-refractivity contribution is 5.99. The molecule has 0 aliphatic carbocycles. The molecule has 0 radical (unpaired) electrons. The lowest BCUT2D eigenvalue weighted by Gasteiger charge is -2.17. The second-order valence-corrected chi connectivity index (χ2v) is 7.39. The second kappa shape index (κ2) is 9.23. The predicted octanol–water partition coefficient (Wildman–Crippen LogP) is 7.05. The highest BCUT2D eigenvalue weighted by Crippen LogP contribution is 2.39. The second-order valence-electron chi connectivity index (χ2n) is 7.39. The normalized spacial score (nSPS) is 10.4. The molecule has 4 aromatic rings. The lowest BCUT2D eigenvalue weighted by atomic mass is 9.87. The highest BCUT2D eigenvalue weighted by atomic mass is 16.1. The fourth-order valence-corrected chi connectivity index (χ4v) is 3.81. The Kier molecular flexibility index (Phi) is 6.04. The third-order valence-corrected chi connectivity index (χ3v) is 5.46. The van der Waals surface area contributed by atoms with Crippen LogP contribution in [0.5, 0.6) is 0 Å². The van der Waals surface area contributed by atoms with Crippen LogP contribution < -0.4 is 5.32 Å². The highest BCUT2D eigenvalue weighted by Gasteiger charge is 2.17. The van der Waals surface area contributed by atoms with Crippen LogP contribution in [0.1, 0.15) is 15.9 Å². The molecule has 0 aliphatic rings. The van der Waals surface area contributed by atoms with E-state index in [9.17, 15) is 4.79 Å². The van der Waals surface area contributed by atoms with Gasteiger partial charge in [0.2, 0.25) is 0 Å². The van der Waals surface area contributed by atoms with Crippen molar-refractivity contribution in [3.8, 4) is 33.4 Å². The van der Waals surface area contributed by atoms with Gasteiger partial charge in [0.1, 0.15) is 0 Å². The Balaban J connectivity index is 2.02. The molecule has 0 fully saturated rings. The molecule has 0 spiro atoms. The molecule has 32 heavy (non-hydrogen) atoms. The Hall–Kier alpha value is -4.31. The Morgan fingerprint density at radius 2 is 1.41 bits per heavy atom. The minimum atomic E-state index is -0.157. The number of hydrogen-bond acceptors (Lipinski definition) is 3. The van der Waals surface area contributed by atoms with E-state index in [1.54, 1.807) is 7.05 Å². The number of carbonyl (C=O) groups is 1. The maximum atomic E-state index is 12.4. The van der Waals surface area contributed by atoms with Gasteiger partial charge in [-0.25, -0.2) is 5.53 Å². The average Bonchev–Trinajstić information content (AvgIpc) is 2.88. The number of nitrogens with one attached hydrogen (secondary N) is 2. The first-order valence-corrected chi connectivity index (χ1v) is 10.3. The maximum Gasteiger partial charge on any atom is 0.251 e.